The topological polar surface area (TPSA) is 63.9 Å². The number of benzene rings is 2. The van der Waals surface area contributed by atoms with E-state index in [0.717, 1.165) is 42.8 Å². The van der Waals surface area contributed by atoms with Crippen LogP contribution in [0.3, 0.4) is 0 Å². The molecule has 2 aromatic carbocycles. The minimum atomic E-state index is -0.0419. The van der Waals surface area contributed by atoms with Crippen molar-refractivity contribution in [2.45, 2.75) is 38.8 Å². The Morgan fingerprint density at radius 1 is 1.06 bits per heavy atom. The quantitative estimate of drug-likeness (QED) is 0.442. The molecule has 4 aromatic rings. The Bertz CT molecular complexity index is 1250. The van der Waals surface area contributed by atoms with Gasteiger partial charge in [0.1, 0.15) is 0 Å². The van der Waals surface area contributed by atoms with E-state index in [1.54, 1.807) is 12.5 Å². The Labute approximate surface area is 194 Å². The number of hydrogen-bond acceptors (Lipinski definition) is 4. The summed E-state index contributed by atoms with van der Waals surface area (Å²) in [4.78, 5) is 28.9. The summed E-state index contributed by atoms with van der Waals surface area (Å²) in [5.74, 6) is 0.0517. The van der Waals surface area contributed by atoms with Gasteiger partial charge in [0.2, 0.25) is 0 Å². The van der Waals surface area contributed by atoms with E-state index in [-0.39, 0.29) is 11.9 Å². The third kappa shape index (κ3) is 4.85. The van der Waals surface area contributed by atoms with Crippen molar-refractivity contribution in [2.75, 3.05) is 6.54 Å². The summed E-state index contributed by atoms with van der Waals surface area (Å²) in [5, 5.41) is 0. The molecule has 166 valence electrons. The van der Waals surface area contributed by atoms with E-state index in [1.807, 2.05) is 52.3 Å². The second-order valence-electron chi connectivity index (χ2n) is 8.69. The van der Waals surface area contributed by atoms with Crippen LogP contribution in [0.5, 0.6) is 0 Å². The number of rotatable bonds is 6. The number of amides is 1. The third-order valence-corrected chi connectivity index (χ3v) is 6.12. The average Bonchev–Trinajstić information content (AvgIpc) is 3.51. The first-order valence-electron chi connectivity index (χ1n) is 11.4. The fraction of sp³-hybridized carbons (Fsp3) is 0.259. The first-order chi connectivity index (χ1) is 16.2. The summed E-state index contributed by atoms with van der Waals surface area (Å²) in [6, 6.07) is 16.3. The van der Waals surface area contributed by atoms with Crippen molar-refractivity contribution in [2.24, 2.45) is 0 Å². The van der Waals surface area contributed by atoms with Crippen molar-refractivity contribution < 1.29 is 4.79 Å². The van der Waals surface area contributed by atoms with Crippen LogP contribution in [0.25, 0.3) is 0 Å². The lowest BCUT2D eigenvalue weighted by molar-refractivity contribution is 0.0732. The molecule has 0 radical (unpaired) electrons. The Balaban J connectivity index is 1.34. The van der Waals surface area contributed by atoms with Crippen molar-refractivity contribution in [3.63, 3.8) is 0 Å². The van der Waals surface area contributed by atoms with Gasteiger partial charge in [-0.2, -0.15) is 0 Å². The highest BCUT2D eigenvalue weighted by molar-refractivity contribution is 5.94. The van der Waals surface area contributed by atoms with Crippen molar-refractivity contribution in [1.82, 2.24) is 24.4 Å². The smallest absolute Gasteiger partial charge is 0.254 e. The molecule has 1 fully saturated rings. The summed E-state index contributed by atoms with van der Waals surface area (Å²) in [5.41, 5.74) is 6.05. The minimum absolute atomic E-state index is 0.0419. The number of carbonyl (C=O) groups excluding carboxylic acids is 1. The number of nitrogens with zero attached hydrogens (tertiary/aromatic N) is 5. The van der Waals surface area contributed by atoms with Crippen LogP contribution in [-0.4, -0.2) is 36.9 Å². The standard InChI is InChI=1S/C27H27N5O/c1-20-5-2-6-21(13-20)15-24-16-29-17-25(30-24)26-9-4-11-32(26)27(33)23-8-3-7-22(14-23)18-31-12-10-28-19-31/h2-3,5-8,10,12-14,16-17,19,26H,4,9,11,15,18H2,1H3. The number of imidazole rings is 1. The predicted octanol–water partition coefficient (Wildman–Crippen LogP) is 4.60. The van der Waals surface area contributed by atoms with Crippen molar-refractivity contribution in [1.29, 1.82) is 0 Å². The average molecular weight is 438 g/mol. The molecule has 0 aliphatic carbocycles. The second kappa shape index (κ2) is 9.36. The van der Waals surface area contributed by atoms with Crippen LogP contribution in [0.4, 0.5) is 0 Å². The molecule has 3 heterocycles. The molecule has 6 nitrogen and oxygen atoms in total. The predicted molar refractivity (Wildman–Crippen MR) is 127 cm³/mol. The zero-order chi connectivity index (χ0) is 22.6. The maximum absolute atomic E-state index is 13.5. The van der Waals surface area contributed by atoms with Crippen LogP contribution in [0.15, 0.2) is 79.6 Å². The lowest BCUT2D eigenvalue weighted by atomic mass is 10.1. The van der Waals surface area contributed by atoms with Gasteiger partial charge in [0.05, 0.1) is 30.0 Å². The molecule has 1 unspecified atom stereocenters. The van der Waals surface area contributed by atoms with Crippen molar-refractivity contribution in [3.8, 4) is 0 Å². The normalized spacial score (nSPS) is 15.7. The Morgan fingerprint density at radius 2 is 1.94 bits per heavy atom. The summed E-state index contributed by atoms with van der Waals surface area (Å²) in [6.07, 6.45) is 11.7. The third-order valence-electron chi connectivity index (χ3n) is 6.12. The van der Waals surface area contributed by atoms with E-state index in [0.29, 0.717) is 12.1 Å². The zero-order valence-corrected chi connectivity index (χ0v) is 18.8. The molecule has 33 heavy (non-hydrogen) atoms. The molecule has 0 N–H and O–H groups in total. The maximum atomic E-state index is 13.5. The molecule has 5 rings (SSSR count). The molecule has 0 saturated carbocycles. The molecular weight excluding hydrogens is 410 g/mol. The van der Waals surface area contributed by atoms with E-state index in [9.17, 15) is 4.79 Å². The first kappa shape index (κ1) is 21.1. The molecule has 2 aromatic heterocycles. The Kier molecular flexibility index (Phi) is 5.98. The van der Waals surface area contributed by atoms with Gasteiger partial charge in [0, 0.05) is 43.7 Å². The maximum Gasteiger partial charge on any atom is 0.254 e. The second-order valence-corrected chi connectivity index (χ2v) is 8.69. The largest absolute Gasteiger partial charge is 0.333 e. The molecule has 1 aliphatic rings. The van der Waals surface area contributed by atoms with Crippen LogP contribution in [0, 0.1) is 6.92 Å². The van der Waals surface area contributed by atoms with Crippen LogP contribution in [0.2, 0.25) is 0 Å². The van der Waals surface area contributed by atoms with Gasteiger partial charge < -0.3 is 9.47 Å². The molecule has 1 aliphatic heterocycles. The van der Waals surface area contributed by atoms with Gasteiger partial charge in [-0.25, -0.2) is 4.98 Å². The molecular formula is C27H27N5O. The summed E-state index contributed by atoms with van der Waals surface area (Å²) < 4.78 is 2.00. The minimum Gasteiger partial charge on any atom is -0.333 e. The van der Waals surface area contributed by atoms with E-state index in [1.165, 1.54) is 11.1 Å². The van der Waals surface area contributed by atoms with E-state index in [2.05, 4.69) is 41.2 Å². The van der Waals surface area contributed by atoms with E-state index < -0.39 is 0 Å². The fourth-order valence-corrected chi connectivity index (χ4v) is 4.58. The lowest BCUT2D eigenvalue weighted by Crippen LogP contribution is -2.31. The van der Waals surface area contributed by atoms with Gasteiger partial charge >= 0.3 is 0 Å². The summed E-state index contributed by atoms with van der Waals surface area (Å²) in [6.45, 7) is 3.52. The molecule has 1 saturated heterocycles. The molecule has 0 spiro atoms. The molecule has 0 bridgehead atoms. The highest BCUT2D eigenvalue weighted by Crippen LogP contribution is 2.32. The van der Waals surface area contributed by atoms with Crippen LogP contribution in [0.1, 0.15) is 57.3 Å². The van der Waals surface area contributed by atoms with E-state index >= 15 is 0 Å². The van der Waals surface area contributed by atoms with Gasteiger partial charge in [-0.15, -0.1) is 0 Å². The van der Waals surface area contributed by atoms with Gasteiger partial charge in [-0.3, -0.25) is 14.8 Å². The summed E-state index contributed by atoms with van der Waals surface area (Å²) in [7, 11) is 0. The molecule has 1 amide bonds. The number of aromatic nitrogens is 4. The van der Waals surface area contributed by atoms with Crippen LogP contribution in [-0.2, 0) is 13.0 Å². The number of aryl methyl sites for hydroxylation is 1. The van der Waals surface area contributed by atoms with Gasteiger partial charge in [0.15, 0.2) is 0 Å². The lowest BCUT2D eigenvalue weighted by Gasteiger charge is -2.24. The SMILES string of the molecule is Cc1cccc(Cc2cncc(C3CCCN3C(=O)c3cccc(Cn4ccnc4)c3)n2)c1. The van der Waals surface area contributed by atoms with Crippen molar-refractivity contribution >= 4 is 5.91 Å². The summed E-state index contributed by atoms with van der Waals surface area (Å²) >= 11 is 0. The van der Waals surface area contributed by atoms with Crippen molar-refractivity contribution in [3.05, 3.63) is 113 Å². The molecule has 6 heteroatoms. The van der Waals surface area contributed by atoms with Gasteiger partial charge in [-0.1, -0.05) is 42.0 Å². The van der Waals surface area contributed by atoms with E-state index in [4.69, 9.17) is 4.98 Å². The number of likely N-dealkylation sites (tertiary alicyclic amines) is 1. The Morgan fingerprint density at radius 3 is 2.79 bits per heavy atom. The zero-order valence-electron chi connectivity index (χ0n) is 18.8. The highest BCUT2D eigenvalue weighted by atomic mass is 16.2. The fourth-order valence-electron chi connectivity index (χ4n) is 4.58. The number of hydrogen-bond donors (Lipinski definition) is 0. The first-order valence-corrected chi connectivity index (χ1v) is 11.4. The molecule has 1 atom stereocenters. The van der Waals surface area contributed by atoms with Gasteiger partial charge in [-0.05, 0) is 43.0 Å². The Hall–Kier alpha value is -3.80. The number of carbonyl (C=O) groups is 1. The van der Waals surface area contributed by atoms with Crippen LogP contribution < -0.4 is 0 Å². The highest BCUT2D eigenvalue weighted by Gasteiger charge is 2.32. The monoisotopic (exact) mass is 437 g/mol. The van der Waals surface area contributed by atoms with Gasteiger partial charge in [0.25, 0.3) is 5.91 Å². The van der Waals surface area contributed by atoms with Crippen LogP contribution >= 0.6 is 0 Å².